The van der Waals surface area contributed by atoms with Gasteiger partial charge in [-0.1, -0.05) is 65.1 Å². The van der Waals surface area contributed by atoms with Crippen molar-refractivity contribution in [3.05, 3.63) is 90.0 Å². The third-order valence-electron chi connectivity index (χ3n) is 4.71. The van der Waals surface area contributed by atoms with E-state index in [0.717, 1.165) is 5.56 Å². The molecule has 0 spiro atoms. The number of aromatic nitrogens is 2. The van der Waals surface area contributed by atoms with Gasteiger partial charge in [-0.15, -0.1) is 0 Å². The van der Waals surface area contributed by atoms with Crippen LogP contribution in [0.5, 0.6) is 5.75 Å². The molecule has 0 aliphatic rings. The van der Waals surface area contributed by atoms with Crippen molar-refractivity contribution in [1.82, 2.24) is 9.55 Å². The maximum atomic E-state index is 13.4. The molecule has 0 radical (unpaired) electrons. The lowest BCUT2D eigenvalue weighted by Crippen LogP contribution is -2.32. The topological polar surface area (TPSA) is 61.2 Å². The molecule has 5 nitrogen and oxygen atoms in total. The van der Waals surface area contributed by atoms with Gasteiger partial charge in [0.25, 0.3) is 5.56 Å². The summed E-state index contributed by atoms with van der Waals surface area (Å²) in [6.07, 6.45) is 0.548. The Labute approximate surface area is 199 Å². The van der Waals surface area contributed by atoms with Crippen LogP contribution in [-0.2, 0) is 13.0 Å². The van der Waals surface area contributed by atoms with Gasteiger partial charge in [-0.2, -0.15) is 0 Å². The first-order chi connectivity index (χ1) is 14.7. The number of hydrogen-bond acceptors (Lipinski definition) is 4. The Bertz CT molecular complexity index is 1170. The summed E-state index contributed by atoms with van der Waals surface area (Å²) in [5.41, 5.74) is 0.985. The smallest absolute Gasteiger partial charge is 0.281 e. The lowest BCUT2D eigenvalue weighted by molar-refractivity contribution is 0.103. The van der Waals surface area contributed by atoms with Gasteiger partial charge in [0.05, 0.1) is 19.3 Å². The fraction of sp³-hybridized carbons (Fsp3) is 0.261. The van der Waals surface area contributed by atoms with E-state index in [1.165, 1.54) is 10.6 Å². The molecular weight excluding hydrogens is 503 g/mol. The third-order valence-corrected chi connectivity index (χ3v) is 5.94. The molecule has 0 fully saturated rings. The zero-order valence-corrected chi connectivity index (χ0v) is 20.4. The minimum Gasteiger partial charge on any atom is -0.497 e. The van der Waals surface area contributed by atoms with Crippen molar-refractivity contribution in [2.75, 3.05) is 7.11 Å². The number of ketones is 1. The maximum absolute atomic E-state index is 13.4. The van der Waals surface area contributed by atoms with Gasteiger partial charge < -0.3 is 9.30 Å². The Morgan fingerprint density at radius 3 is 2.45 bits per heavy atom. The normalized spacial score (nSPS) is 11.1. The first-order valence-corrected chi connectivity index (χ1v) is 11.2. The number of halogens is 3. The molecular formula is C23H21BrCl2N2O3. The van der Waals surface area contributed by atoms with E-state index < -0.39 is 11.3 Å². The second kappa shape index (κ2) is 9.98. The van der Waals surface area contributed by atoms with E-state index in [9.17, 15) is 9.59 Å². The van der Waals surface area contributed by atoms with Crippen molar-refractivity contribution in [3.63, 3.8) is 0 Å². The fourth-order valence-corrected chi connectivity index (χ4v) is 4.04. The molecule has 0 aliphatic heterocycles. The number of nitrogens with zero attached hydrogens (tertiary/aromatic N) is 2. The molecule has 1 aromatic heterocycles. The van der Waals surface area contributed by atoms with Crippen LogP contribution in [0.15, 0.2) is 51.7 Å². The van der Waals surface area contributed by atoms with E-state index in [-0.39, 0.29) is 28.9 Å². The van der Waals surface area contributed by atoms with Crippen LogP contribution in [0.1, 0.15) is 41.2 Å². The lowest BCUT2D eigenvalue weighted by atomic mass is 10.1. The first-order valence-electron chi connectivity index (χ1n) is 9.63. The van der Waals surface area contributed by atoms with Gasteiger partial charge in [-0.3, -0.25) is 9.59 Å². The number of hydrogen-bond donors (Lipinski definition) is 0. The van der Waals surface area contributed by atoms with Gasteiger partial charge in [-0.25, -0.2) is 4.98 Å². The third kappa shape index (κ3) is 5.37. The molecule has 8 heteroatoms. The summed E-state index contributed by atoms with van der Waals surface area (Å²) in [7, 11) is 1.59. The molecule has 2 aromatic carbocycles. The van der Waals surface area contributed by atoms with Crippen molar-refractivity contribution < 1.29 is 9.53 Å². The van der Waals surface area contributed by atoms with Gasteiger partial charge in [-0.05, 0) is 48.2 Å². The Morgan fingerprint density at radius 1 is 1.16 bits per heavy atom. The summed E-state index contributed by atoms with van der Waals surface area (Å²) in [4.78, 5) is 30.8. The van der Waals surface area contributed by atoms with E-state index in [0.29, 0.717) is 27.4 Å². The highest BCUT2D eigenvalue weighted by molar-refractivity contribution is 9.10. The molecule has 0 saturated carbocycles. The summed E-state index contributed by atoms with van der Waals surface area (Å²) in [5.74, 6) is 0.415. The molecule has 3 aromatic rings. The molecule has 0 amide bonds. The van der Waals surface area contributed by atoms with E-state index >= 15 is 0 Å². The van der Waals surface area contributed by atoms with Crippen LogP contribution in [0.4, 0.5) is 0 Å². The molecule has 0 unspecified atom stereocenters. The average molecular weight is 524 g/mol. The number of benzene rings is 2. The van der Waals surface area contributed by atoms with Crippen molar-refractivity contribution in [2.45, 2.75) is 26.8 Å². The number of ether oxygens (including phenoxy) is 1. The summed E-state index contributed by atoms with van der Waals surface area (Å²) >= 11 is 15.9. The summed E-state index contributed by atoms with van der Waals surface area (Å²) in [5, 5.41) is 0.524. The van der Waals surface area contributed by atoms with Crippen molar-refractivity contribution in [1.29, 1.82) is 0 Å². The maximum Gasteiger partial charge on any atom is 0.281 e. The molecule has 0 saturated heterocycles. The molecule has 162 valence electrons. The highest BCUT2D eigenvalue weighted by atomic mass is 79.9. The average Bonchev–Trinajstić information content (AvgIpc) is 2.74. The zero-order valence-electron chi connectivity index (χ0n) is 17.3. The summed E-state index contributed by atoms with van der Waals surface area (Å²) in [6, 6.07) is 12.2. The molecule has 0 bridgehead atoms. The molecule has 0 atom stereocenters. The van der Waals surface area contributed by atoms with E-state index in [1.807, 2.05) is 38.1 Å². The van der Waals surface area contributed by atoms with Crippen LogP contribution < -0.4 is 10.3 Å². The predicted octanol–water partition coefficient (Wildman–Crippen LogP) is 5.80. The monoisotopic (exact) mass is 522 g/mol. The van der Waals surface area contributed by atoms with Gasteiger partial charge >= 0.3 is 0 Å². The Kier molecular flexibility index (Phi) is 7.57. The van der Waals surface area contributed by atoms with E-state index in [4.69, 9.17) is 27.9 Å². The SMILES string of the molecule is COc1ccc(Cn2c(CC(C)C)c(Cl)nc(C(=O)c3cc(Cl)ccc3Br)c2=O)cc1. The van der Waals surface area contributed by atoms with E-state index in [1.54, 1.807) is 19.2 Å². The van der Waals surface area contributed by atoms with Gasteiger partial charge in [0.15, 0.2) is 5.69 Å². The van der Waals surface area contributed by atoms with Crippen molar-refractivity contribution in [2.24, 2.45) is 5.92 Å². The second-order valence-electron chi connectivity index (χ2n) is 7.49. The standard InChI is InChI=1S/C23H21BrCl2N2O3/c1-13(2)10-19-22(26)27-20(21(29)17-11-15(25)6-9-18(17)24)23(30)28(19)12-14-4-7-16(31-3)8-5-14/h4-9,11,13H,10,12H2,1-3H3. The minimum absolute atomic E-state index is 0.142. The highest BCUT2D eigenvalue weighted by Gasteiger charge is 2.24. The molecule has 3 rings (SSSR count). The van der Waals surface area contributed by atoms with Crippen molar-refractivity contribution >= 4 is 44.9 Å². The zero-order chi connectivity index (χ0) is 22.7. The molecule has 1 heterocycles. The Balaban J connectivity index is 2.14. The largest absolute Gasteiger partial charge is 0.497 e. The first kappa shape index (κ1) is 23.5. The minimum atomic E-state index is -0.541. The molecule has 0 N–H and O–H groups in total. The summed E-state index contributed by atoms with van der Waals surface area (Å²) in [6.45, 7) is 4.31. The molecule has 0 aliphatic carbocycles. The Morgan fingerprint density at radius 2 is 1.84 bits per heavy atom. The number of carbonyl (C=O) groups excluding carboxylic acids is 1. The van der Waals surface area contributed by atoms with Crippen molar-refractivity contribution in [3.8, 4) is 5.75 Å². The van der Waals surface area contributed by atoms with Crippen LogP contribution in [0.3, 0.4) is 0 Å². The number of methoxy groups -OCH3 is 1. The van der Waals surface area contributed by atoms with Gasteiger partial charge in [0.2, 0.25) is 5.78 Å². The van der Waals surface area contributed by atoms with Crippen LogP contribution in [0, 0.1) is 5.92 Å². The van der Waals surface area contributed by atoms with Crippen LogP contribution >= 0.6 is 39.1 Å². The number of rotatable bonds is 7. The Hall–Kier alpha value is -2.15. The van der Waals surface area contributed by atoms with Crippen LogP contribution in [0.25, 0.3) is 0 Å². The predicted molar refractivity (Wildman–Crippen MR) is 127 cm³/mol. The lowest BCUT2D eigenvalue weighted by Gasteiger charge is -2.17. The number of carbonyl (C=O) groups is 1. The molecule has 31 heavy (non-hydrogen) atoms. The fourth-order valence-electron chi connectivity index (χ4n) is 3.18. The highest BCUT2D eigenvalue weighted by Crippen LogP contribution is 2.24. The summed E-state index contributed by atoms with van der Waals surface area (Å²) < 4.78 is 7.25. The van der Waals surface area contributed by atoms with Gasteiger partial charge in [0.1, 0.15) is 10.9 Å². The van der Waals surface area contributed by atoms with Gasteiger partial charge in [0, 0.05) is 15.1 Å². The van der Waals surface area contributed by atoms with Crippen LogP contribution in [0.2, 0.25) is 10.2 Å². The van der Waals surface area contributed by atoms with Crippen LogP contribution in [-0.4, -0.2) is 22.4 Å². The second-order valence-corrected chi connectivity index (χ2v) is 9.14. The quantitative estimate of drug-likeness (QED) is 0.367. The van der Waals surface area contributed by atoms with E-state index in [2.05, 4.69) is 20.9 Å².